The van der Waals surface area contributed by atoms with Crippen molar-refractivity contribution < 1.29 is 9.90 Å². The monoisotopic (exact) mass is 307 g/mol. The van der Waals surface area contributed by atoms with Crippen LogP contribution in [0.15, 0.2) is 48.8 Å². The fourth-order valence-corrected chi connectivity index (χ4v) is 2.66. The molecule has 23 heavy (non-hydrogen) atoms. The Hall–Kier alpha value is -2.95. The van der Waals surface area contributed by atoms with Gasteiger partial charge in [0.05, 0.1) is 5.56 Å². The minimum absolute atomic E-state index is 0.284. The number of nitrogens with zero attached hydrogens (tertiary/aromatic N) is 3. The van der Waals surface area contributed by atoms with Gasteiger partial charge in [0.15, 0.2) is 5.82 Å². The van der Waals surface area contributed by atoms with Crippen molar-refractivity contribution in [1.82, 2.24) is 14.8 Å². The van der Waals surface area contributed by atoms with E-state index in [2.05, 4.69) is 10.2 Å². The molecule has 0 atom stereocenters. The maximum Gasteiger partial charge on any atom is 0.335 e. The maximum absolute atomic E-state index is 11.6. The Morgan fingerprint density at radius 1 is 1.17 bits per heavy atom. The quantitative estimate of drug-likeness (QED) is 0.799. The first-order valence-electron chi connectivity index (χ1n) is 7.43. The van der Waals surface area contributed by atoms with Gasteiger partial charge in [-0.1, -0.05) is 30.3 Å². The molecule has 0 radical (unpaired) electrons. The molecule has 0 unspecified atom stereocenters. The van der Waals surface area contributed by atoms with E-state index < -0.39 is 5.97 Å². The molecule has 0 saturated heterocycles. The molecule has 0 aliphatic rings. The Kier molecular flexibility index (Phi) is 3.93. The van der Waals surface area contributed by atoms with Crippen molar-refractivity contribution in [2.24, 2.45) is 0 Å². The van der Waals surface area contributed by atoms with Crippen molar-refractivity contribution in [2.45, 2.75) is 20.4 Å². The van der Waals surface area contributed by atoms with Crippen LogP contribution in [0, 0.1) is 6.92 Å². The molecule has 0 saturated carbocycles. The zero-order valence-electron chi connectivity index (χ0n) is 13.0. The van der Waals surface area contributed by atoms with Crippen molar-refractivity contribution in [3.8, 4) is 22.5 Å². The lowest BCUT2D eigenvalue weighted by Crippen LogP contribution is -2.05. The average molecular weight is 307 g/mol. The normalized spacial score (nSPS) is 10.7. The molecular weight excluding hydrogens is 290 g/mol. The second-order valence-corrected chi connectivity index (χ2v) is 5.31. The molecule has 2 aromatic carbocycles. The van der Waals surface area contributed by atoms with Gasteiger partial charge in [0.1, 0.15) is 6.33 Å². The summed E-state index contributed by atoms with van der Waals surface area (Å²) in [4.78, 5) is 11.6. The zero-order valence-corrected chi connectivity index (χ0v) is 13.0. The van der Waals surface area contributed by atoms with Crippen LogP contribution in [-0.4, -0.2) is 25.8 Å². The zero-order chi connectivity index (χ0) is 16.4. The summed E-state index contributed by atoms with van der Waals surface area (Å²) in [6.07, 6.45) is 1.66. The van der Waals surface area contributed by atoms with E-state index in [1.807, 2.05) is 54.8 Å². The number of aryl methyl sites for hydroxylation is 1. The molecule has 0 fully saturated rings. The maximum atomic E-state index is 11.6. The summed E-state index contributed by atoms with van der Waals surface area (Å²) in [5.74, 6) is -0.255. The smallest absolute Gasteiger partial charge is 0.335 e. The Labute approximate surface area is 134 Å². The van der Waals surface area contributed by atoms with E-state index >= 15 is 0 Å². The standard InChI is InChI=1S/C18H17N3O2/c1-3-21-11-19-20-17(21)15-9-14(13-7-5-4-6-8-13)10-16(12(15)2)18(22)23/h4-11H,3H2,1-2H3,(H,22,23). The summed E-state index contributed by atoms with van der Waals surface area (Å²) in [5, 5.41) is 17.7. The molecule has 3 aromatic rings. The van der Waals surface area contributed by atoms with Gasteiger partial charge in [-0.15, -0.1) is 10.2 Å². The van der Waals surface area contributed by atoms with Crippen LogP contribution in [0.4, 0.5) is 0 Å². The second kappa shape index (κ2) is 6.04. The van der Waals surface area contributed by atoms with Crippen LogP contribution >= 0.6 is 0 Å². The third-order valence-electron chi connectivity index (χ3n) is 3.94. The number of carboxylic acid groups (broad SMARTS) is 1. The van der Waals surface area contributed by atoms with Gasteiger partial charge in [-0.3, -0.25) is 0 Å². The minimum atomic E-state index is -0.941. The fraction of sp³-hybridized carbons (Fsp3) is 0.167. The number of hydrogen-bond acceptors (Lipinski definition) is 3. The highest BCUT2D eigenvalue weighted by Gasteiger charge is 2.18. The third kappa shape index (κ3) is 2.73. The van der Waals surface area contributed by atoms with Gasteiger partial charge in [-0.05, 0) is 42.7 Å². The van der Waals surface area contributed by atoms with Gasteiger partial charge in [0.2, 0.25) is 0 Å². The highest BCUT2D eigenvalue weighted by atomic mass is 16.4. The van der Waals surface area contributed by atoms with Crippen LogP contribution in [0.1, 0.15) is 22.8 Å². The molecule has 116 valence electrons. The summed E-state index contributed by atoms with van der Waals surface area (Å²) in [5.41, 5.74) is 3.60. The van der Waals surface area contributed by atoms with Crippen LogP contribution in [0.2, 0.25) is 0 Å². The molecule has 5 nitrogen and oxygen atoms in total. The summed E-state index contributed by atoms with van der Waals surface area (Å²) >= 11 is 0. The van der Waals surface area contributed by atoms with Gasteiger partial charge >= 0.3 is 5.97 Å². The van der Waals surface area contributed by atoms with Crippen LogP contribution in [0.5, 0.6) is 0 Å². The number of hydrogen-bond donors (Lipinski definition) is 1. The van der Waals surface area contributed by atoms with Gasteiger partial charge < -0.3 is 9.67 Å². The number of carbonyl (C=O) groups is 1. The highest BCUT2D eigenvalue weighted by molar-refractivity contribution is 5.94. The average Bonchev–Trinajstić information content (AvgIpc) is 3.04. The Balaban J connectivity index is 2.27. The van der Waals surface area contributed by atoms with Crippen molar-refractivity contribution in [3.63, 3.8) is 0 Å². The van der Waals surface area contributed by atoms with E-state index in [9.17, 15) is 9.90 Å². The van der Waals surface area contributed by atoms with Gasteiger partial charge in [-0.25, -0.2) is 4.79 Å². The number of aromatic nitrogens is 3. The molecule has 0 bridgehead atoms. The molecule has 5 heteroatoms. The van der Waals surface area contributed by atoms with Crippen molar-refractivity contribution in [3.05, 3.63) is 59.9 Å². The van der Waals surface area contributed by atoms with E-state index in [0.29, 0.717) is 11.4 Å². The van der Waals surface area contributed by atoms with E-state index in [1.165, 1.54) is 0 Å². The summed E-state index contributed by atoms with van der Waals surface area (Å²) < 4.78 is 1.91. The van der Waals surface area contributed by atoms with Gasteiger partial charge in [-0.2, -0.15) is 0 Å². The van der Waals surface area contributed by atoms with Crippen molar-refractivity contribution in [2.75, 3.05) is 0 Å². The predicted octanol–water partition coefficient (Wildman–Crippen LogP) is 3.64. The van der Waals surface area contributed by atoms with Crippen LogP contribution in [-0.2, 0) is 6.54 Å². The first-order chi connectivity index (χ1) is 11.1. The van der Waals surface area contributed by atoms with Gasteiger partial charge in [0.25, 0.3) is 0 Å². The van der Waals surface area contributed by atoms with Gasteiger partial charge in [0, 0.05) is 12.1 Å². The van der Waals surface area contributed by atoms with Crippen LogP contribution < -0.4 is 0 Å². The number of rotatable bonds is 4. The molecule has 1 N–H and O–H groups in total. The molecule has 3 rings (SSSR count). The Morgan fingerprint density at radius 3 is 2.57 bits per heavy atom. The molecule has 1 heterocycles. The first kappa shape index (κ1) is 15.0. The summed E-state index contributed by atoms with van der Waals surface area (Å²) in [6, 6.07) is 13.4. The molecule has 0 spiro atoms. The molecule has 1 aromatic heterocycles. The molecule has 0 amide bonds. The number of aromatic carboxylic acids is 1. The van der Waals surface area contributed by atoms with Crippen LogP contribution in [0.25, 0.3) is 22.5 Å². The van der Waals surface area contributed by atoms with E-state index in [1.54, 1.807) is 12.4 Å². The van der Waals surface area contributed by atoms with Crippen molar-refractivity contribution >= 4 is 5.97 Å². The van der Waals surface area contributed by atoms with E-state index in [-0.39, 0.29) is 5.56 Å². The number of benzene rings is 2. The lowest BCUT2D eigenvalue weighted by molar-refractivity contribution is 0.0696. The van der Waals surface area contributed by atoms with Crippen molar-refractivity contribution in [1.29, 1.82) is 0 Å². The minimum Gasteiger partial charge on any atom is -0.478 e. The molecule has 0 aliphatic heterocycles. The fourth-order valence-electron chi connectivity index (χ4n) is 2.66. The largest absolute Gasteiger partial charge is 0.478 e. The van der Waals surface area contributed by atoms with E-state index in [4.69, 9.17) is 0 Å². The summed E-state index contributed by atoms with van der Waals surface area (Å²) in [6.45, 7) is 4.53. The highest BCUT2D eigenvalue weighted by Crippen LogP contribution is 2.31. The third-order valence-corrected chi connectivity index (χ3v) is 3.94. The number of carboxylic acids is 1. The first-order valence-corrected chi connectivity index (χ1v) is 7.43. The topological polar surface area (TPSA) is 68.0 Å². The summed E-state index contributed by atoms with van der Waals surface area (Å²) in [7, 11) is 0. The van der Waals surface area contributed by atoms with Crippen LogP contribution in [0.3, 0.4) is 0 Å². The van der Waals surface area contributed by atoms with E-state index in [0.717, 1.165) is 23.2 Å². The predicted molar refractivity (Wildman–Crippen MR) is 88.3 cm³/mol. The SMILES string of the molecule is CCn1cnnc1-c1cc(-c2ccccc2)cc(C(=O)O)c1C. The lowest BCUT2D eigenvalue weighted by atomic mass is 9.94. The molecular formula is C18H17N3O2. The Bertz CT molecular complexity index is 854. The second-order valence-electron chi connectivity index (χ2n) is 5.31. The lowest BCUT2D eigenvalue weighted by Gasteiger charge is -2.13. The molecule has 0 aliphatic carbocycles. The Morgan fingerprint density at radius 2 is 1.91 bits per heavy atom.